The lowest BCUT2D eigenvalue weighted by Gasteiger charge is -2.12. The van der Waals surface area contributed by atoms with Crippen molar-refractivity contribution in [3.05, 3.63) is 176 Å². The fourth-order valence-corrected chi connectivity index (χ4v) is 9.53. The van der Waals surface area contributed by atoms with E-state index in [1.165, 1.54) is 52.8 Å². The van der Waals surface area contributed by atoms with E-state index in [-0.39, 0.29) is 0 Å². The van der Waals surface area contributed by atoms with E-state index in [9.17, 15) is 0 Å². The smallest absolute Gasteiger partial charge is 0.235 e. The maximum atomic E-state index is 6.66. The van der Waals surface area contributed by atoms with Crippen LogP contribution in [0.15, 0.2) is 180 Å². The van der Waals surface area contributed by atoms with Crippen LogP contribution in [0.1, 0.15) is 0 Å². The molecule has 0 saturated carbocycles. The number of hydrogen-bond donors (Lipinski definition) is 0. The van der Waals surface area contributed by atoms with Gasteiger partial charge in [0, 0.05) is 47.5 Å². The van der Waals surface area contributed by atoms with Gasteiger partial charge in [0.05, 0.1) is 27.6 Å². The Bertz CT molecular complexity index is 3490. The molecule has 0 atom stereocenters. The summed E-state index contributed by atoms with van der Waals surface area (Å²) in [5, 5.41) is 9.28. The third-order valence-corrected chi connectivity index (χ3v) is 12.2. The van der Waals surface area contributed by atoms with Gasteiger partial charge < -0.3 is 4.42 Å². The van der Waals surface area contributed by atoms with E-state index in [4.69, 9.17) is 14.4 Å². The first-order chi connectivity index (χ1) is 27.2. The molecule has 12 aromatic rings. The van der Waals surface area contributed by atoms with Gasteiger partial charge in [-0.05, 0) is 76.5 Å². The Morgan fingerprint density at radius 2 is 1.11 bits per heavy atom. The fourth-order valence-electron chi connectivity index (χ4n) is 8.44. The molecule has 0 fully saturated rings. The average Bonchev–Trinajstić information content (AvgIpc) is 3.95. The second kappa shape index (κ2) is 11.7. The highest BCUT2D eigenvalue weighted by molar-refractivity contribution is 7.25. The van der Waals surface area contributed by atoms with E-state index in [1.807, 2.05) is 35.6 Å². The second-order valence-corrected chi connectivity index (χ2v) is 15.2. The van der Waals surface area contributed by atoms with Crippen molar-refractivity contribution >= 4 is 86.0 Å². The van der Waals surface area contributed by atoms with E-state index in [2.05, 4.69) is 156 Å². The van der Waals surface area contributed by atoms with Crippen LogP contribution in [0.4, 0.5) is 0 Å². The molecule has 4 aromatic heterocycles. The van der Waals surface area contributed by atoms with Gasteiger partial charge in [0.2, 0.25) is 5.95 Å². The molecule has 0 spiro atoms. The van der Waals surface area contributed by atoms with E-state index in [0.29, 0.717) is 5.95 Å². The Hall–Kier alpha value is -7.08. The van der Waals surface area contributed by atoms with Gasteiger partial charge in [-0.1, -0.05) is 121 Å². The van der Waals surface area contributed by atoms with Crippen LogP contribution in [-0.4, -0.2) is 14.5 Å². The van der Waals surface area contributed by atoms with Gasteiger partial charge in [-0.3, -0.25) is 4.57 Å². The largest absolute Gasteiger partial charge is 0.455 e. The lowest BCUT2D eigenvalue weighted by Crippen LogP contribution is -2.03. The van der Waals surface area contributed by atoms with Crippen molar-refractivity contribution in [3.63, 3.8) is 0 Å². The molecule has 0 radical (unpaired) electrons. The van der Waals surface area contributed by atoms with E-state index in [0.717, 1.165) is 55.5 Å². The number of benzene rings is 8. The van der Waals surface area contributed by atoms with Gasteiger partial charge in [0.25, 0.3) is 0 Å². The Kier molecular flexibility index (Phi) is 6.47. The normalized spacial score (nSPS) is 12.0. The number of thiophene rings is 1. The second-order valence-electron chi connectivity index (χ2n) is 14.2. The third-order valence-electron chi connectivity index (χ3n) is 11.0. The molecule has 0 bridgehead atoms. The predicted octanol–water partition coefficient (Wildman–Crippen LogP) is 14.0. The first kappa shape index (κ1) is 30.4. The first-order valence-electron chi connectivity index (χ1n) is 18.5. The molecule has 55 heavy (non-hydrogen) atoms. The first-order valence-corrected chi connectivity index (χ1v) is 19.3. The number of fused-ring (bicyclic) bond motifs is 11. The molecule has 0 amide bonds. The minimum Gasteiger partial charge on any atom is -0.455 e. The molecule has 0 aliphatic rings. The van der Waals surface area contributed by atoms with E-state index >= 15 is 0 Å². The third kappa shape index (κ3) is 4.64. The van der Waals surface area contributed by atoms with Gasteiger partial charge in [0.15, 0.2) is 0 Å². The molecule has 0 N–H and O–H groups in total. The molecule has 4 heterocycles. The molecular weight excluding hydrogens is 691 g/mol. The molecule has 0 unspecified atom stereocenters. The number of nitrogens with zero attached hydrogens (tertiary/aromatic N) is 3. The summed E-state index contributed by atoms with van der Waals surface area (Å²) < 4.78 is 11.5. The van der Waals surface area contributed by atoms with Crippen molar-refractivity contribution < 1.29 is 4.42 Å². The van der Waals surface area contributed by atoms with Crippen molar-refractivity contribution in [1.82, 2.24) is 14.5 Å². The zero-order valence-corrected chi connectivity index (χ0v) is 30.2. The molecule has 0 saturated heterocycles. The van der Waals surface area contributed by atoms with Crippen LogP contribution < -0.4 is 0 Å². The minimum atomic E-state index is 0.620. The SMILES string of the molecule is c1ccc(-c2cc3ccc4nc(-n5c6ccc(-c7ccc8sc9ccccc9c8c7)cc6c6c7ccccc7ccc65)nc(-c5ccccc5)c4c3o2)cc1. The van der Waals surface area contributed by atoms with Crippen LogP contribution >= 0.6 is 11.3 Å². The molecule has 256 valence electrons. The maximum absolute atomic E-state index is 6.66. The number of hydrogen-bond acceptors (Lipinski definition) is 4. The van der Waals surface area contributed by atoms with Gasteiger partial charge >= 0.3 is 0 Å². The molecule has 5 heteroatoms. The van der Waals surface area contributed by atoms with Crippen LogP contribution in [0.25, 0.3) is 114 Å². The maximum Gasteiger partial charge on any atom is 0.235 e. The molecule has 12 rings (SSSR count). The summed E-state index contributed by atoms with van der Waals surface area (Å²) in [6.07, 6.45) is 0. The van der Waals surface area contributed by atoms with Crippen molar-refractivity contribution in [2.24, 2.45) is 0 Å². The summed E-state index contributed by atoms with van der Waals surface area (Å²) in [5.41, 5.74) is 8.99. The summed E-state index contributed by atoms with van der Waals surface area (Å²) in [6.45, 7) is 0. The summed E-state index contributed by atoms with van der Waals surface area (Å²) >= 11 is 1.85. The summed E-state index contributed by atoms with van der Waals surface area (Å²) in [5.74, 6) is 1.44. The molecule has 0 aliphatic carbocycles. The van der Waals surface area contributed by atoms with Gasteiger partial charge in [0.1, 0.15) is 11.3 Å². The highest BCUT2D eigenvalue weighted by atomic mass is 32.1. The zero-order chi connectivity index (χ0) is 36.0. The van der Waals surface area contributed by atoms with E-state index in [1.54, 1.807) is 0 Å². The summed E-state index contributed by atoms with van der Waals surface area (Å²) in [7, 11) is 0. The summed E-state index contributed by atoms with van der Waals surface area (Å²) in [4.78, 5) is 10.8. The topological polar surface area (TPSA) is 43.9 Å². The monoisotopic (exact) mass is 719 g/mol. The van der Waals surface area contributed by atoms with Crippen LogP contribution in [0.3, 0.4) is 0 Å². The molecule has 4 nitrogen and oxygen atoms in total. The molecular formula is C50H29N3OS. The molecule has 8 aromatic carbocycles. The quantitative estimate of drug-likeness (QED) is 0.182. The van der Waals surface area contributed by atoms with E-state index < -0.39 is 0 Å². The Balaban J connectivity index is 1.13. The fraction of sp³-hybridized carbons (Fsp3) is 0. The van der Waals surface area contributed by atoms with Crippen LogP contribution in [0, 0.1) is 0 Å². The number of rotatable bonds is 4. The number of aromatic nitrogens is 3. The van der Waals surface area contributed by atoms with Crippen LogP contribution in [0.5, 0.6) is 0 Å². The van der Waals surface area contributed by atoms with Gasteiger partial charge in [-0.2, -0.15) is 0 Å². The average molecular weight is 720 g/mol. The molecule has 0 aliphatic heterocycles. The van der Waals surface area contributed by atoms with Gasteiger partial charge in [-0.25, -0.2) is 9.97 Å². The Morgan fingerprint density at radius 3 is 1.96 bits per heavy atom. The van der Waals surface area contributed by atoms with Crippen molar-refractivity contribution in [2.45, 2.75) is 0 Å². The Labute approximate surface area is 319 Å². The highest BCUT2D eigenvalue weighted by Crippen LogP contribution is 2.42. The number of furan rings is 1. The lowest BCUT2D eigenvalue weighted by atomic mass is 9.99. The zero-order valence-electron chi connectivity index (χ0n) is 29.4. The van der Waals surface area contributed by atoms with Crippen molar-refractivity contribution in [1.29, 1.82) is 0 Å². The highest BCUT2D eigenvalue weighted by Gasteiger charge is 2.22. The van der Waals surface area contributed by atoms with Crippen molar-refractivity contribution in [2.75, 3.05) is 0 Å². The Morgan fingerprint density at radius 1 is 0.436 bits per heavy atom. The van der Waals surface area contributed by atoms with Crippen molar-refractivity contribution in [3.8, 4) is 39.7 Å². The predicted molar refractivity (Wildman–Crippen MR) is 230 cm³/mol. The van der Waals surface area contributed by atoms with Gasteiger partial charge in [-0.15, -0.1) is 11.3 Å². The van der Waals surface area contributed by atoms with Crippen LogP contribution in [0.2, 0.25) is 0 Å². The lowest BCUT2D eigenvalue weighted by molar-refractivity contribution is 0.635. The standard InChI is InChI=1S/C50H29N3OS/c1-3-12-31(13-4-1)43-29-35-19-23-40-47(49(35)54-43)48(32-14-5-2-6-15-32)52-50(51-40)53-41-24-21-33(28-39(41)46-36-16-8-7-11-30(36)20-25-42(46)53)34-22-26-45-38(27-34)37-17-9-10-18-44(37)55-45/h1-29H. The van der Waals surface area contributed by atoms with Crippen LogP contribution in [-0.2, 0) is 0 Å². The minimum absolute atomic E-state index is 0.620. The summed E-state index contributed by atoms with van der Waals surface area (Å²) in [6, 6.07) is 62.4.